The molecule has 0 aliphatic carbocycles. The molecule has 0 fully saturated rings. The van der Waals surface area contributed by atoms with Crippen molar-refractivity contribution in [1.82, 2.24) is 10.6 Å². The van der Waals surface area contributed by atoms with Gasteiger partial charge in [-0.1, -0.05) is 23.7 Å². The quantitative estimate of drug-likeness (QED) is 0.881. The molecule has 116 valence electrons. The molecule has 0 aliphatic rings. The molecule has 4 nitrogen and oxygen atoms in total. The van der Waals surface area contributed by atoms with E-state index in [4.69, 9.17) is 11.6 Å². The number of carbonyl (C=O) groups is 2. The molecule has 0 radical (unpaired) electrons. The van der Waals surface area contributed by atoms with Crippen LogP contribution in [-0.4, -0.2) is 17.9 Å². The Morgan fingerprint density at radius 1 is 1.09 bits per heavy atom. The Kier molecular flexibility index (Phi) is 5.57. The Balaban J connectivity index is 2.21. The van der Waals surface area contributed by atoms with Crippen LogP contribution in [0.3, 0.4) is 0 Å². The number of nitrogens with one attached hydrogen (secondary N) is 2. The molecule has 2 N–H and O–H groups in total. The minimum absolute atomic E-state index is 0.235. The standard InChI is InChI=1S/C16H17ClN2O2S/c1-10(18-11(2)20)16(21)19-15(13-7-8-22-9-13)12-3-5-14(17)6-4-12/h3-10,15H,1-2H3,(H,18,20)(H,19,21). The minimum atomic E-state index is -0.592. The number of halogens is 1. The van der Waals surface area contributed by atoms with Gasteiger partial charge in [0.05, 0.1) is 6.04 Å². The molecular weight excluding hydrogens is 320 g/mol. The predicted molar refractivity (Wildman–Crippen MR) is 89.0 cm³/mol. The fourth-order valence-electron chi connectivity index (χ4n) is 2.09. The summed E-state index contributed by atoms with van der Waals surface area (Å²) < 4.78 is 0. The number of carbonyl (C=O) groups excluding carboxylic acids is 2. The van der Waals surface area contributed by atoms with Crippen molar-refractivity contribution in [3.8, 4) is 0 Å². The summed E-state index contributed by atoms with van der Waals surface area (Å²) in [4.78, 5) is 23.4. The lowest BCUT2D eigenvalue weighted by Crippen LogP contribution is -2.45. The van der Waals surface area contributed by atoms with E-state index in [9.17, 15) is 9.59 Å². The highest BCUT2D eigenvalue weighted by Crippen LogP contribution is 2.25. The first kappa shape index (κ1) is 16.5. The normalized spacial score (nSPS) is 13.2. The lowest BCUT2D eigenvalue weighted by molar-refractivity contribution is -0.127. The summed E-state index contributed by atoms with van der Waals surface area (Å²) in [6.07, 6.45) is 0. The highest BCUT2D eigenvalue weighted by atomic mass is 35.5. The average molecular weight is 337 g/mol. The van der Waals surface area contributed by atoms with Gasteiger partial charge in [-0.25, -0.2) is 0 Å². The van der Waals surface area contributed by atoms with Gasteiger partial charge in [0.2, 0.25) is 11.8 Å². The van der Waals surface area contributed by atoms with Crippen molar-refractivity contribution in [1.29, 1.82) is 0 Å². The molecule has 2 amide bonds. The van der Waals surface area contributed by atoms with Gasteiger partial charge in [-0.3, -0.25) is 9.59 Å². The molecule has 0 saturated carbocycles. The van der Waals surface area contributed by atoms with Crippen LogP contribution in [-0.2, 0) is 9.59 Å². The Hall–Kier alpha value is -1.85. The van der Waals surface area contributed by atoms with E-state index in [1.165, 1.54) is 6.92 Å². The average Bonchev–Trinajstić information content (AvgIpc) is 2.98. The molecule has 1 aromatic heterocycles. The predicted octanol–water partition coefficient (Wildman–Crippen LogP) is 3.13. The number of rotatable bonds is 5. The summed E-state index contributed by atoms with van der Waals surface area (Å²) in [5, 5.41) is 10.1. The number of hydrogen-bond donors (Lipinski definition) is 2. The summed E-state index contributed by atoms with van der Waals surface area (Å²) in [7, 11) is 0. The third-order valence-corrected chi connectivity index (χ3v) is 4.13. The van der Waals surface area contributed by atoms with Crippen molar-refractivity contribution in [2.24, 2.45) is 0 Å². The van der Waals surface area contributed by atoms with Crippen LogP contribution in [0.2, 0.25) is 5.02 Å². The van der Waals surface area contributed by atoms with Crippen LogP contribution in [0.4, 0.5) is 0 Å². The van der Waals surface area contributed by atoms with Crippen molar-refractivity contribution >= 4 is 34.8 Å². The SMILES string of the molecule is CC(=O)NC(C)C(=O)NC(c1ccc(Cl)cc1)c1ccsc1. The molecule has 0 saturated heterocycles. The molecule has 2 atom stereocenters. The fraction of sp³-hybridized carbons (Fsp3) is 0.250. The number of amides is 2. The van der Waals surface area contributed by atoms with Crippen LogP contribution in [0, 0.1) is 0 Å². The maximum Gasteiger partial charge on any atom is 0.243 e. The Morgan fingerprint density at radius 3 is 2.32 bits per heavy atom. The van der Waals surface area contributed by atoms with E-state index < -0.39 is 6.04 Å². The molecule has 1 heterocycles. The lowest BCUT2D eigenvalue weighted by atomic mass is 10.0. The topological polar surface area (TPSA) is 58.2 Å². The Morgan fingerprint density at radius 2 is 1.77 bits per heavy atom. The van der Waals surface area contributed by atoms with E-state index in [0.717, 1.165) is 11.1 Å². The molecule has 1 aromatic carbocycles. The van der Waals surface area contributed by atoms with Crippen molar-refractivity contribution in [2.45, 2.75) is 25.9 Å². The summed E-state index contributed by atoms with van der Waals surface area (Å²) in [5.74, 6) is -0.470. The zero-order valence-electron chi connectivity index (χ0n) is 12.3. The minimum Gasteiger partial charge on any atom is -0.345 e. The maximum absolute atomic E-state index is 12.3. The second-order valence-corrected chi connectivity index (χ2v) is 6.19. The van der Waals surface area contributed by atoms with Gasteiger partial charge in [-0.15, -0.1) is 0 Å². The van der Waals surface area contributed by atoms with Gasteiger partial charge in [0.25, 0.3) is 0 Å². The summed E-state index contributed by atoms with van der Waals surface area (Å²) in [6, 6.07) is 8.45. The third kappa shape index (κ3) is 4.32. The van der Waals surface area contributed by atoms with Crippen LogP contribution < -0.4 is 10.6 Å². The Bertz CT molecular complexity index is 641. The number of benzene rings is 1. The maximum atomic E-state index is 12.3. The number of thiophene rings is 1. The van der Waals surface area contributed by atoms with E-state index in [0.29, 0.717) is 5.02 Å². The molecule has 2 unspecified atom stereocenters. The zero-order chi connectivity index (χ0) is 16.1. The van der Waals surface area contributed by atoms with E-state index in [1.807, 2.05) is 29.0 Å². The lowest BCUT2D eigenvalue weighted by Gasteiger charge is -2.21. The van der Waals surface area contributed by atoms with Crippen molar-refractivity contribution in [2.75, 3.05) is 0 Å². The zero-order valence-corrected chi connectivity index (χ0v) is 13.9. The third-order valence-electron chi connectivity index (χ3n) is 3.18. The fourth-order valence-corrected chi connectivity index (χ4v) is 2.90. The van der Waals surface area contributed by atoms with Gasteiger partial charge in [0, 0.05) is 11.9 Å². The van der Waals surface area contributed by atoms with Crippen LogP contribution in [0.5, 0.6) is 0 Å². The van der Waals surface area contributed by atoms with Gasteiger partial charge in [-0.05, 0) is 47.0 Å². The molecule has 6 heteroatoms. The summed E-state index contributed by atoms with van der Waals surface area (Å²) in [5.41, 5.74) is 1.93. The van der Waals surface area contributed by atoms with Gasteiger partial charge in [0.1, 0.15) is 6.04 Å². The van der Waals surface area contributed by atoms with Gasteiger partial charge >= 0.3 is 0 Å². The van der Waals surface area contributed by atoms with Crippen LogP contribution in [0.25, 0.3) is 0 Å². The van der Waals surface area contributed by atoms with Crippen molar-refractivity contribution < 1.29 is 9.59 Å². The highest BCUT2D eigenvalue weighted by Gasteiger charge is 2.21. The summed E-state index contributed by atoms with van der Waals surface area (Å²) in [6.45, 7) is 3.04. The molecular formula is C16H17ClN2O2S. The van der Waals surface area contributed by atoms with E-state index in [1.54, 1.807) is 30.4 Å². The van der Waals surface area contributed by atoms with E-state index in [2.05, 4.69) is 10.6 Å². The van der Waals surface area contributed by atoms with Crippen LogP contribution in [0.1, 0.15) is 31.0 Å². The monoisotopic (exact) mass is 336 g/mol. The van der Waals surface area contributed by atoms with Gasteiger partial charge < -0.3 is 10.6 Å². The van der Waals surface area contributed by atoms with Gasteiger partial charge in [0.15, 0.2) is 0 Å². The summed E-state index contributed by atoms with van der Waals surface area (Å²) >= 11 is 7.49. The molecule has 0 spiro atoms. The molecule has 22 heavy (non-hydrogen) atoms. The van der Waals surface area contributed by atoms with E-state index >= 15 is 0 Å². The molecule has 0 bridgehead atoms. The van der Waals surface area contributed by atoms with Crippen molar-refractivity contribution in [3.63, 3.8) is 0 Å². The van der Waals surface area contributed by atoms with E-state index in [-0.39, 0.29) is 17.9 Å². The van der Waals surface area contributed by atoms with Gasteiger partial charge in [-0.2, -0.15) is 11.3 Å². The second kappa shape index (κ2) is 7.42. The van der Waals surface area contributed by atoms with Crippen LogP contribution in [0.15, 0.2) is 41.1 Å². The first-order valence-corrected chi connectivity index (χ1v) is 8.14. The first-order chi connectivity index (χ1) is 10.5. The second-order valence-electron chi connectivity index (χ2n) is 4.97. The molecule has 0 aliphatic heterocycles. The molecule has 2 rings (SSSR count). The smallest absolute Gasteiger partial charge is 0.243 e. The van der Waals surface area contributed by atoms with Crippen molar-refractivity contribution in [3.05, 3.63) is 57.2 Å². The molecule has 2 aromatic rings. The van der Waals surface area contributed by atoms with Crippen LogP contribution >= 0.6 is 22.9 Å². The largest absolute Gasteiger partial charge is 0.345 e. The Labute approximate surface area is 138 Å². The first-order valence-electron chi connectivity index (χ1n) is 6.82. The number of hydrogen-bond acceptors (Lipinski definition) is 3. The highest BCUT2D eigenvalue weighted by molar-refractivity contribution is 7.08.